The third-order valence-electron chi connectivity index (χ3n) is 4.59. The number of nitrogens with one attached hydrogen (secondary N) is 2. The fourth-order valence-corrected chi connectivity index (χ4v) is 3.20. The third kappa shape index (κ3) is 5.03. The van der Waals surface area contributed by atoms with Gasteiger partial charge in [0.15, 0.2) is 0 Å². The van der Waals surface area contributed by atoms with E-state index in [0.717, 1.165) is 5.56 Å². The molecule has 1 fully saturated rings. The molecule has 0 bridgehead atoms. The fraction of sp³-hybridized carbons (Fsp3) is 0.400. The van der Waals surface area contributed by atoms with E-state index < -0.39 is 0 Å². The topological polar surface area (TPSA) is 83.8 Å². The van der Waals surface area contributed by atoms with Crippen molar-refractivity contribution in [2.24, 2.45) is 0 Å². The van der Waals surface area contributed by atoms with Crippen molar-refractivity contribution in [3.8, 4) is 0 Å². The summed E-state index contributed by atoms with van der Waals surface area (Å²) in [6.45, 7) is 3.31. The second-order valence-corrected chi connectivity index (χ2v) is 6.44. The monoisotopic (exact) mass is 371 g/mol. The van der Waals surface area contributed by atoms with Crippen LogP contribution in [0.15, 0.2) is 53.1 Å². The molecule has 1 atom stereocenters. The number of nitrogens with zero attached hydrogens (tertiary/aromatic N) is 1. The van der Waals surface area contributed by atoms with Gasteiger partial charge in [-0.2, -0.15) is 0 Å². The minimum absolute atomic E-state index is 0.0173. The zero-order valence-electron chi connectivity index (χ0n) is 15.4. The van der Waals surface area contributed by atoms with E-state index in [2.05, 4.69) is 10.6 Å². The largest absolute Gasteiger partial charge is 0.467 e. The molecule has 2 heterocycles. The highest BCUT2D eigenvalue weighted by Crippen LogP contribution is 2.22. The Kier molecular flexibility index (Phi) is 6.35. The van der Waals surface area contributed by atoms with Crippen LogP contribution >= 0.6 is 0 Å². The molecule has 1 aliphatic rings. The Labute approximate surface area is 158 Å². The Morgan fingerprint density at radius 2 is 1.93 bits per heavy atom. The van der Waals surface area contributed by atoms with Crippen LogP contribution in [0.2, 0.25) is 0 Å². The van der Waals surface area contributed by atoms with Gasteiger partial charge in [0.25, 0.3) is 0 Å². The number of hydrogen-bond donors (Lipinski definition) is 2. The normalized spacial score (nSPS) is 15.8. The number of carbonyl (C=O) groups excluding carboxylic acids is 2. The Morgan fingerprint density at radius 1 is 1.19 bits per heavy atom. The molecule has 3 amide bonds. The summed E-state index contributed by atoms with van der Waals surface area (Å²) in [7, 11) is 0. The van der Waals surface area contributed by atoms with Crippen LogP contribution in [0.5, 0.6) is 0 Å². The van der Waals surface area contributed by atoms with Gasteiger partial charge in [0, 0.05) is 19.1 Å². The first kappa shape index (κ1) is 18.8. The molecule has 144 valence electrons. The Balaban J connectivity index is 1.56. The molecule has 0 radical (unpaired) electrons. The number of likely N-dealkylation sites (tertiary alicyclic amines) is 1. The molecule has 1 aliphatic heterocycles. The van der Waals surface area contributed by atoms with E-state index in [-0.39, 0.29) is 24.2 Å². The molecule has 7 nitrogen and oxygen atoms in total. The van der Waals surface area contributed by atoms with Gasteiger partial charge in [-0.05, 0) is 37.5 Å². The van der Waals surface area contributed by atoms with Crippen molar-refractivity contribution in [2.45, 2.75) is 31.8 Å². The molecule has 0 aliphatic carbocycles. The van der Waals surface area contributed by atoms with Gasteiger partial charge in [0.05, 0.1) is 12.9 Å². The van der Waals surface area contributed by atoms with Crippen LogP contribution in [-0.2, 0) is 4.74 Å². The van der Waals surface area contributed by atoms with Gasteiger partial charge in [-0.3, -0.25) is 0 Å². The van der Waals surface area contributed by atoms with Crippen molar-refractivity contribution >= 4 is 12.1 Å². The van der Waals surface area contributed by atoms with Crippen molar-refractivity contribution in [2.75, 3.05) is 19.7 Å². The van der Waals surface area contributed by atoms with E-state index in [4.69, 9.17) is 9.15 Å². The van der Waals surface area contributed by atoms with Crippen LogP contribution in [0.3, 0.4) is 0 Å². The van der Waals surface area contributed by atoms with E-state index in [1.807, 2.05) is 36.4 Å². The highest BCUT2D eigenvalue weighted by molar-refractivity contribution is 5.75. The molecule has 27 heavy (non-hydrogen) atoms. The van der Waals surface area contributed by atoms with E-state index in [1.54, 1.807) is 24.2 Å². The Bertz CT molecular complexity index is 725. The van der Waals surface area contributed by atoms with Crippen LogP contribution in [0.4, 0.5) is 9.59 Å². The number of hydrogen-bond acceptors (Lipinski definition) is 4. The molecule has 0 spiro atoms. The van der Waals surface area contributed by atoms with Crippen molar-refractivity contribution in [3.63, 3.8) is 0 Å². The second kappa shape index (κ2) is 9.12. The number of amides is 3. The van der Waals surface area contributed by atoms with E-state index >= 15 is 0 Å². The maximum atomic E-state index is 12.5. The first-order chi connectivity index (χ1) is 13.2. The maximum Gasteiger partial charge on any atom is 0.409 e. The van der Waals surface area contributed by atoms with Gasteiger partial charge in [0.2, 0.25) is 0 Å². The van der Waals surface area contributed by atoms with Crippen LogP contribution in [0, 0.1) is 0 Å². The quantitative estimate of drug-likeness (QED) is 0.845. The second-order valence-electron chi connectivity index (χ2n) is 6.44. The molecule has 1 saturated heterocycles. The summed E-state index contributed by atoms with van der Waals surface area (Å²) >= 11 is 0. The van der Waals surface area contributed by atoms with Crippen LogP contribution < -0.4 is 10.6 Å². The van der Waals surface area contributed by atoms with E-state index in [9.17, 15) is 9.59 Å². The molecule has 2 aromatic rings. The first-order valence-corrected chi connectivity index (χ1v) is 9.24. The number of urea groups is 1. The summed E-state index contributed by atoms with van der Waals surface area (Å²) in [5, 5.41) is 5.99. The first-order valence-electron chi connectivity index (χ1n) is 9.24. The lowest BCUT2D eigenvalue weighted by Gasteiger charge is -2.32. The summed E-state index contributed by atoms with van der Waals surface area (Å²) in [6.07, 6.45) is 2.70. The minimum Gasteiger partial charge on any atom is -0.467 e. The predicted molar refractivity (Wildman–Crippen MR) is 100 cm³/mol. The maximum absolute atomic E-state index is 12.5. The number of benzene rings is 1. The fourth-order valence-electron chi connectivity index (χ4n) is 3.20. The van der Waals surface area contributed by atoms with Gasteiger partial charge < -0.3 is 24.7 Å². The van der Waals surface area contributed by atoms with Crippen molar-refractivity contribution in [1.82, 2.24) is 15.5 Å². The molecule has 1 unspecified atom stereocenters. The van der Waals surface area contributed by atoms with Gasteiger partial charge >= 0.3 is 12.1 Å². The average Bonchev–Trinajstić information content (AvgIpc) is 3.22. The van der Waals surface area contributed by atoms with Crippen molar-refractivity contribution in [1.29, 1.82) is 0 Å². The molecule has 1 aromatic heterocycles. The number of piperidine rings is 1. The summed E-state index contributed by atoms with van der Waals surface area (Å²) in [5.74, 6) is 0.675. The highest BCUT2D eigenvalue weighted by Gasteiger charge is 2.26. The van der Waals surface area contributed by atoms with Gasteiger partial charge in [-0.25, -0.2) is 9.59 Å². The lowest BCUT2D eigenvalue weighted by molar-refractivity contribution is 0.0957. The SMILES string of the molecule is CCOC(=O)N1CCC(NC(=O)NC(c2ccccc2)c2ccco2)CC1. The van der Waals surface area contributed by atoms with Crippen LogP contribution in [-0.4, -0.2) is 42.8 Å². The summed E-state index contributed by atoms with van der Waals surface area (Å²) < 4.78 is 10.5. The smallest absolute Gasteiger partial charge is 0.409 e. The van der Waals surface area contributed by atoms with Gasteiger partial charge in [-0.15, -0.1) is 0 Å². The standard InChI is InChI=1S/C20H25N3O4/c1-2-26-20(25)23-12-10-16(11-13-23)21-19(24)22-18(17-9-6-14-27-17)15-7-4-3-5-8-15/h3-9,14,16,18H,2,10-13H2,1H3,(H2,21,22,24). The predicted octanol–water partition coefficient (Wildman–Crippen LogP) is 3.29. The zero-order valence-corrected chi connectivity index (χ0v) is 15.4. The van der Waals surface area contributed by atoms with Gasteiger partial charge in [-0.1, -0.05) is 30.3 Å². The van der Waals surface area contributed by atoms with Gasteiger partial charge in [0.1, 0.15) is 11.8 Å². The molecular weight excluding hydrogens is 346 g/mol. The van der Waals surface area contributed by atoms with Crippen LogP contribution in [0.25, 0.3) is 0 Å². The number of furan rings is 1. The van der Waals surface area contributed by atoms with Crippen LogP contribution in [0.1, 0.15) is 37.1 Å². The summed E-state index contributed by atoms with van der Waals surface area (Å²) in [6, 6.07) is 12.7. The lowest BCUT2D eigenvalue weighted by Crippen LogP contribution is -2.49. The Morgan fingerprint density at radius 3 is 2.56 bits per heavy atom. The molecular formula is C20H25N3O4. The minimum atomic E-state index is -0.360. The Hall–Kier alpha value is -2.96. The average molecular weight is 371 g/mol. The lowest BCUT2D eigenvalue weighted by atomic mass is 10.0. The summed E-state index contributed by atoms with van der Waals surface area (Å²) in [5.41, 5.74) is 0.944. The van der Waals surface area contributed by atoms with E-state index in [0.29, 0.717) is 38.3 Å². The van der Waals surface area contributed by atoms with E-state index in [1.165, 1.54) is 0 Å². The van der Waals surface area contributed by atoms with Crippen molar-refractivity contribution in [3.05, 3.63) is 60.1 Å². The molecule has 1 aromatic carbocycles. The third-order valence-corrected chi connectivity index (χ3v) is 4.59. The molecule has 2 N–H and O–H groups in total. The molecule has 7 heteroatoms. The number of ether oxygens (including phenoxy) is 1. The summed E-state index contributed by atoms with van der Waals surface area (Å²) in [4.78, 5) is 26.0. The number of carbonyl (C=O) groups is 2. The number of rotatable bonds is 5. The molecule has 0 saturated carbocycles. The molecule has 3 rings (SSSR count). The van der Waals surface area contributed by atoms with Crippen molar-refractivity contribution < 1.29 is 18.7 Å². The highest BCUT2D eigenvalue weighted by atomic mass is 16.6. The zero-order chi connectivity index (χ0) is 19.1.